The molecule has 2 heteroatoms. The number of thiophene rings is 1. The average Bonchev–Trinajstić information content (AvgIpc) is 3.51. The monoisotopic (exact) mass is 477 g/mol. The number of nitrogens with one attached hydrogen (secondary N) is 1. The molecule has 2 aromatic heterocycles. The molecule has 0 fully saturated rings. The van der Waals surface area contributed by atoms with Gasteiger partial charge in [0.2, 0.25) is 0 Å². The van der Waals surface area contributed by atoms with E-state index >= 15 is 0 Å². The van der Waals surface area contributed by atoms with Crippen LogP contribution in [0.3, 0.4) is 0 Å². The van der Waals surface area contributed by atoms with Crippen LogP contribution in [0.2, 0.25) is 0 Å². The van der Waals surface area contributed by atoms with Gasteiger partial charge in [-0.05, 0) is 52.1 Å². The lowest BCUT2D eigenvalue weighted by molar-refractivity contribution is 1.53. The Balaban J connectivity index is 1.47. The van der Waals surface area contributed by atoms with E-state index in [-0.39, 0.29) is 0 Å². The number of para-hydroxylation sites is 1. The van der Waals surface area contributed by atoms with Crippen molar-refractivity contribution in [2.24, 2.45) is 0 Å². The predicted molar refractivity (Wildman–Crippen MR) is 160 cm³/mol. The van der Waals surface area contributed by atoms with E-state index in [1.54, 1.807) is 0 Å². The van der Waals surface area contributed by atoms with Gasteiger partial charge in [0, 0.05) is 42.0 Å². The smallest absolute Gasteiger partial charge is 0.0544 e. The zero-order valence-electron chi connectivity index (χ0n) is 19.7. The fourth-order valence-corrected chi connectivity index (χ4v) is 6.70. The molecular weight excluding hydrogens is 454 g/mol. The third-order valence-electron chi connectivity index (χ3n) is 7.18. The molecular formula is C34H23NS. The van der Waals surface area contributed by atoms with Gasteiger partial charge in [-0.3, -0.25) is 0 Å². The highest BCUT2D eigenvalue weighted by Gasteiger charge is 2.15. The van der Waals surface area contributed by atoms with Gasteiger partial charge in [0.1, 0.15) is 0 Å². The molecule has 0 unspecified atom stereocenters. The van der Waals surface area contributed by atoms with E-state index in [1.807, 2.05) is 23.5 Å². The number of hydrogen-bond acceptors (Lipinski definition) is 1. The Labute approximate surface area is 213 Å². The normalized spacial score (nSPS) is 11.6. The summed E-state index contributed by atoms with van der Waals surface area (Å²) in [6.07, 6.45) is 3.84. The van der Waals surface area contributed by atoms with E-state index in [2.05, 4.69) is 115 Å². The molecule has 0 aliphatic heterocycles. The van der Waals surface area contributed by atoms with Crippen LogP contribution >= 0.6 is 11.3 Å². The summed E-state index contributed by atoms with van der Waals surface area (Å²) < 4.78 is 2.66. The zero-order valence-corrected chi connectivity index (χ0v) is 20.5. The molecule has 0 aliphatic carbocycles. The topological polar surface area (TPSA) is 15.8 Å². The van der Waals surface area contributed by atoms with Gasteiger partial charge >= 0.3 is 0 Å². The highest BCUT2D eigenvalue weighted by Crippen LogP contribution is 2.41. The van der Waals surface area contributed by atoms with Gasteiger partial charge in [-0.1, -0.05) is 98.1 Å². The molecule has 170 valence electrons. The Kier molecular flexibility index (Phi) is 4.70. The number of hydrogen-bond donors (Lipinski definition) is 1. The number of benzene rings is 5. The summed E-state index contributed by atoms with van der Waals surface area (Å²) in [5, 5.41) is 5.07. The highest BCUT2D eigenvalue weighted by molar-refractivity contribution is 7.25. The summed E-state index contributed by atoms with van der Waals surface area (Å²) in [5.74, 6) is 0. The second kappa shape index (κ2) is 8.08. The first-order chi connectivity index (χ1) is 17.8. The van der Waals surface area contributed by atoms with Crippen LogP contribution in [0.15, 0.2) is 110 Å². The largest absolute Gasteiger partial charge is 0.354 e. The Bertz CT molecular complexity index is 1980. The van der Waals surface area contributed by atoms with Gasteiger partial charge in [-0.15, -0.1) is 11.3 Å². The molecule has 0 radical (unpaired) electrons. The Morgan fingerprint density at radius 1 is 0.611 bits per heavy atom. The maximum atomic E-state index is 4.08. The molecule has 36 heavy (non-hydrogen) atoms. The predicted octanol–water partition coefficient (Wildman–Crippen LogP) is 10.3. The van der Waals surface area contributed by atoms with Crippen molar-refractivity contribution in [1.29, 1.82) is 0 Å². The fraction of sp³-hybridized carbons (Fsp3) is 0. The van der Waals surface area contributed by atoms with Crippen LogP contribution in [0, 0.1) is 0 Å². The molecule has 0 atom stereocenters. The number of H-pyrrole nitrogens is 1. The summed E-state index contributed by atoms with van der Waals surface area (Å²) in [4.78, 5) is 3.70. The van der Waals surface area contributed by atoms with Crippen LogP contribution < -0.4 is 0 Å². The van der Waals surface area contributed by atoms with Crippen LogP contribution in [0.1, 0.15) is 11.1 Å². The van der Waals surface area contributed by atoms with Gasteiger partial charge in [-0.2, -0.15) is 0 Å². The summed E-state index contributed by atoms with van der Waals surface area (Å²) in [6, 6.07) is 35.1. The highest BCUT2D eigenvalue weighted by atomic mass is 32.1. The van der Waals surface area contributed by atoms with E-state index in [0.717, 1.165) is 22.2 Å². The summed E-state index contributed by atoms with van der Waals surface area (Å²) in [5.41, 5.74) is 9.39. The van der Waals surface area contributed by atoms with Crippen LogP contribution in [0.25, 0.3) is 76.4 Å². The van der Waals surface area contributed by atoms with Gasteiger partial charge < -0.3 is 4.98 Å². The third kappa shape index (κ3) is 3.02. The second-order valence-corrected chi connectivity index (χ2v) is 10.2. The molecule has 7 rings (SSSR count). The van der Waals surface area contributed by atoms with Crippen molar-refractivity contribution in [3.05, 3.63) is 121 Å². The van der Waals surface area contributed by atoms with E-state index in [9.17, 15) is 0 Å². The lowest BCUT2D eigenvalue weighted by Gasteiger charge is -2.09. The molecule has 0 spiro atoms. The Morgan fingerprint density at radius 3 is 2.19 bits per heavy atom. The molecule has 0 amide bonds. The number of aromatic amines is 1. The molecule has 0 saturated heterocycles. The third-order valence-corrected chi connectivity index (χ3v) is 8.32. The van der Waals surface area contributed by atoms with Crippen molar-refractivity contribution in [2.45, 2.75) is 0 Å². The molecule has 0 bridgehead atoms. The van der Waals surface area contributed by atoms with Gasteiger partial charge in [0.05, 0.1) is 5.52 Å². The molecule has 7 aromatic rings. The van der Waals surface area contributed by atoms with Gasteiger partial charge in [0.15, 0.2) is 0 Å². The van der Waals surface area contributed by atoms with E-state index in [1.165, 1.54) is 53.2 Å². The molecule has 2 heterocycles. The van der Waals surface area contributed by atoms with Crippen molar-refractivity contribution in [2.75, 3.05) is 0 Å². The minimum Gasteiger partial charge on any atom is -0.354 e. The lowest BCUT2D eigenvalue weighted by atomic mass is 9.94. The van der Waals surface area contributed by atoms with Crippen LogP contribution in [-0.4, -0.2) is 4.98 Å². The zero-order chi connectivity index (χ0) is 24.2. The molecule has 0 saturated carbocycles. The fourth-order valence-electron chi connectivity index (χ4n) is 5.57. The van der Waals surface area contributed by atoms with Crippen molar-refractivity contribution < 1.29 is 0 Å². The van der Waals surface area contributed by atoms with E-state index in [4.69, 9.17) is 0 Å². The number of rotatable bonds is 4. The summed E-state index contributed by atoms with van der Waals surface area (Å²) in [7, 11) is 0. The second-order valence-electron chi connectivity index (χ2n) is 9.11. The minimum absolute atomic E-state index is 1.10. The first-order valence-electron chi connectivity index (χ1n) is 12.1. The SMILES string of the molecule is C=Cc1ccc2[nH]c3c(-c4cccc(-c5cccc6sc7ccccc7c56)c4)cccc3c2c1C=C. The quantitative estimate of drug-likeness (QED) is 0.259. The minimum atomic E-state index is 1.10. The maximum absolute atomic E-state index is 4.08. The first-order valence-corrected chi connectivity index (χ1v) is 12.9. The maximum Gasteiger partial charge on any atom is 0.0544 e. The van der Waals surface area contributed by atoms with Gasteiger partial charge in [0.25, 0.3) is 0 Å². The molecule has 0 aliphatic rings. The van der Waals surface area contributed by atoms with Crippen molar-refractivity contribution in [1.82, 2.24) is 4.98 Å². The van der Waals surface area contributed by atoms with Crippen molar-refractivity contribution >= 4 is 65.5 Å². The van der Waals surface area contributed by atoms with Crippen LogP contribution in [0.5, 0.6) is 0 Å². The van der Waals surface area contributed by atoms with E-state index < -0.39 is 0 Å². The van der Waals surface area contributed by atoms with Crippen LogP contribution in [0.4, 0.5) is 0 Å². The molecule has 5 aromatic carbocycles. The summed E-state index contributed by atoms with van der Waals surface area (Å²) >= 11 is 1.86. The van der Waals surface area contributed by atoms with Gasteiger partial charge in [-0.25, -0.2) is 0 Å². The lowest BCUT2D eigenvalue weighted by Crippen LogP contribution is -1.84. The number of fused-ring (bicyclic) bond motifs is 6. The Hall–Kier alpha value is -4.40. The molecule has 1 nitrogen and oxygen atoms in total. The number of aromatic nitrogens is 1. The standard InChI is InChI=1S/C34H23NS/c1-3-21-18-19-29-32(24(21)4-2)28-15-8-14-26(34(28)35-29)23-11-7-10-22(20-23)25-13-9-17-31-33(25)27-12-5-6-16-30(27)36-31/h3-20,35H,1-2H2. The van der Waals surface area contributed by atoms with Crippen LogP contribution in [-0.2, 0) is 0 Å². The van der Waals surface area contributed by atoms with Crippen molar-refractivity contribution in [3.8, 4) is 22.3 Å². The average molecular weight is 478 g/mol. The molecule has 1 N–H and O–H groups in total. The van der Waals surface area contributed by atoms with E-state index in [0.29, 0.717) is 0 Å². The van der Waals surface area contributed by atoms with Crippen molar-refractivity contribution in [3.63, 3.8) is 0 Å². The Morgan fingerprint density at radius 2 is 1.33 bits per heavy atom. The first kappa shape index (κ1) is 20.9. The summed E-state index contributed by atoms with van der Waals surface area (Å²) in [6.45, 7) is 8.08.